The smallest absolute Gasteiger partial charge is 0.407 e. The van der Waals surface area contributed by atoms with E-state index in [1.165, 1.54) is 0 Å². The SMILES string of the molecule is C/C=C(\C)C1NC(=O)OCC1Br. The molecular weight excluding hydrogens is 222 g/mol. The van der Waals surface area contributed by atoms with Gasteiger partial charge in [-0.1, -0.05) is 27.6 Å². The van der Waals surface area contributed by atoms with Crippen molar-refractivity contribution >= 4 is 22.0 Å². The number of alkyl carbamates (subject to hydrolysis) is 1. The molecule has 0 spiro atoms. The van der Waals surface area contributed by atoms with E-state index in [4.69, 9.17) is 4.74 Å². The standard InChI is InChI=1S/C8H12BrNO2/c1-3-5(2)7-6(9)4-12-8(11)10-7/h3,6-7H,4H2,1-2H3,(H,10,11)/b5-3+. The van der Waals surface area contributed by atoms with Gasteiger partial charge < -0.3 is 10.1 Å². The van der Waals surface area contributed by atoms with E-state index in [9.17, 15) is 4.79 Å². The number of halogens is 1. The van der Waals surface area contributed by atoms with Crippen LogP contribution in [0.2, 0.25) is 0 Å². The molecule has 1 fully saturated rings. The summed E-state index contributed by atoms with van der Waals surface area (Å²) in [6, 6.07) is 0.0660. The van der Waals surface area contributed by atoms with Crippen molar-refractivity contribution in [3.63, 3.8) is 0 Å². The monoisotopic (exact) mass is 233 g/mol. The van der Waals surface area contributed by atoms with Crippen LogP contribution in [0, 0.1) is 0 Å². The van der Waals surface area contributed by atoms with Crippen molar-refractivity contribution in [2.45, 2.75) is 24.7 Å². The second kappa shape index (κ2) is 3.94. The highest BCUT2D eigenvalue weighted by Gasteiger charge is 2.28. The second-order valence-electron chi connectivity index (χ2n) is 2.77. The van der Waals surface area contributed by atoms with Gasteiger partial charge in [0, 0.05) is 0 Å². The highest BCUT2D eigenvalue weighted by atomic mass is 79.9. The Balaban J connectivity index is 2.67. The first-order valence-corrected chi connectivity index (χ1v) is 4.77. The van der Waals surface area contributed by atoms with E-state index in [-0.39, 0.29) is 17.0 Å². The van der Waals surface area contributed by atoms with Crippen molar-refractivity contribution in [3.8, 4) is 0 Å². The molecule has 2 atom stereocenters. The molecule has 1 heterocycles. The number of allylic oxidation sites excluding steroid dienone is 1. The summed E-state index contributed by atoms with van der Waals surface area (Å²) >= 11 is 3.44. The Hall–Kier alpha value is -0.510. The maximum atomic E-state index is 10.9. The summed E-state index contributed by atoms with van der Waals surface area (Å²) in [5.41, 5.74) is 1.15. The van der Waals surface area contributed by atoms with Crippen LogP contribution in [-0.4, -0.2) is 23.6 Å². The molecule has 3 nitrogen and oxygen atoms in total. The normalized spacial score (nSPS) is 30.9. The van der Waals surface area contributed by atoms with Gasteiger partial charge in [0.15, 0.2) is 0 Å². The van der Waals surface area contributed by atoms with Gasteiger partial charge in [0.1, 0.15) is 6.61 Å². The molecule has 1 saturated heterocycles. The minimum absolute atomic E-state index is 0.0660. The number of alkyl halides is 1. The summed E-state index contributed by atoms with van der Waals surface area (Å²) in [6.45, 7) is 4.38. The fourth-order valence-corrected chi connectivity index (χ4v) is 1.77. The van der Waals surface area contributed by atoms with Gasteiger partial charge in [0.25, 0.3) is 0 Å². The predicted octanol–water partition coefficient (Wildman–Crippen LogP) is 1.82. The van der Waals surface area contributed by atoms with Crippen molar-refractivity contribution in [3.05, 3.63) is 11.6 Å². The van der Waals surface area contributed by atoms with E-state index < -0.39 is 0 Å². The summed E-state index contributed by atoms with van der Waals surface area (Å²) < 4.78 is 4.79. The first-order chi connectivity index (χ1) is 5.65. The number of hydrogen-bond acceptors (Lipinski definition) is 2. The van der Waals surface area contributed by atoms with Crippen LogP contribution in [0.15, 0.2) is 11.6 Å². The Morgan fingerprint density at radius 1 is 1.83 bits per heavy atom. The van der Waals surface area contributed by atoms with Crippen molar-refractivity contribution in [1.82, 2.24) is 5.32 Å². The van der Waals surface area contributed by atoms with Crippen LogP contribution in [0.25, 0.3) is 0 Å². The Kier molecular flexibility index (Phi) is 3.14. The third kappa shape index (κ3) is 2.00. The van der Waals surface area contributed by atoms with Gasteiger partial charge in [0.05, 0.1) is 10.9 Å². The molecule has 12 heavy (non-hydrogen) atoms. The van der Waals surface area contributed by atoms with Crippen LogP contribution >= 0.6 is 15.9 Å². The van der Waals surface area contributed by atoms with Crippen molar-refractivity contribution < 1.29 is 9.53 Å². The molecule has 1 rings (SSSR count). The Bertz CT molecular complexity index is 215. The molecule has 0 saturated carbocycles. The van der Waals surface area contributed by atoms with Gasteiger partial charge in [-0.15, -0.1) is 0 Å². The molecule has 1 aliphatic rings. The number of rotatable bonds is 1. The minimum atomic E-state index is -0.336. The Morgan fingerprint density at radius 2 is 2.50 bits per heavy atom. The van der Waals surface area contributed by atoms with E-state index in [0.717, 1.165) is 5.57 Å². The van der Waals surface area contributed by atoms with Crippen LogP contribution < -0.4 is 5.32 Å². The molecule has 2 unspecified atom stereocenters. The lowest BCUT2D eigenvalue weighted by molar-refractivity contribution is 0.124. The van der Waals surface area contributed by atoms with Crippen molar-refractivity contribution in [2.75, 3.05) is 6.61 Å². The summed E-state index contributed by atoms with van der Waals surface area (Å²) in [5, 5.41) is 2.74. The lowest BCUT2D eigenvalue weighted by Gasteiger charge is -2.28. The number of cyclic esters (lactones) is 1. The minimum Gasteiger partial charge on any atom is -0.448 e. The molecule has 1 aliphatic heterocycles. The average Bonchev–Trinajstić information content (AvgIpc) is 2.08. The van der Waals surface area contributed by atoms with E-state index in [1.807, 2.05) is 19.9 Å². The molecule has 0 aromatic carbocycles. The number of hydrogen-bond donors (Lipinski definition) is 1. The van der Waals surface area contributed by atoms with Crippen LogP contribution in [0.4, 0.5) is 4.79 Å². The molecule has 4 heteroatoms. The third-order valence-electron chi connectivity index (χ3n) is 1.95. The summed E-state index contributed by atoms with van der Waals surface area (Å²) in [4.78, 5) is 11.0. The molecular formula is C8H12BrNO2. The number of nitrogens with one attached hydrogen (secondary N) is 1. The zero-order chi connectivity index (χ0) is 9.14. The zero-order valence-electron chi connectivity index (χ0n) is 7.13. The van der Waals surface area contributed by atoms with Gasteiger partial charge in [0.2, 0.25) is 0 Å². The second-order valence-corrected chi connectivity index (χ2v) is 3.95. The van der Waals surface area contributed by atoms with Crippen LogP contribution in [0.1, 0.15) is 13.8 Å². The Labute approximate surface area is 80.3 Å². The van der Waals surface area contributed by atoms with Gasteiger partial charge >= 0.3 is 6.09 Å². The van der Waals surface area contributed by atoms with Crippen LogP contribution in [0.3, 0.4) is 0 Å². The maximum absolute atomic E-state index is 10.9. The van der Waals surface area contributed by atoms with Gasteiger partial charge in [-0.3, -0.25) is 0 Å². The first kappa shape index (κ1) is 9.58. The zero-order valence-corrected chi connectivity index (χ0v) is 8.72. The van der Waals surface area contributed by atoms with E-state index >= 15 is 0 Å². The fraction of sp³-hybridized carbons (Fsp3) is 0.625. The fourth-order valence-electron chi connectivity index (χ4n) is 1.09. The van der Waals surface area contributed by atoms with Gasteiger partial charge in [-0.2, -0.15) is 0 Å². The van der Waals surface area contributed by atoms with E-state index in [1.54, 1.807) is 0 Å². The van der Waals surface area contributed by atoms with E-state index in [0.29, 0.717) is 6.61 Å². The lowest BCUT2D eigenvalue weighted by atomic mass is 10.1. The molecule has 1 amide bonds. The first-order valence-electron chi connectivity index (χ1n) is 3.85. The highest BCUT2D eigenvalue weighted by Crippen LogP contribution is 2.17. The number of carbonyl (C=O) groups excluding carboxylic acids is 1. The highest BCUT2D eigenvalue weighted by molar-refractivity contribution is 9.09. The molecule has 0 aromatic heterocycles. The Morgan fingerprint density at radius 3 is 3.08 bits per heavy atom. The van der Waals surface area contributed by atoms with E-state index in [2.05, 4.69) is 21.2 Å². The third-order valence-corrected chi connectivity index (χ3v) is 2.75. The van der Waals surface area contributed by atoms with Crippen LogP contribution in [0.5, 0.6) is 0 Å². The number of carbonyl (C=O) groups is 1. The van der Waals surface area contributed by atoms with Crippen molar-refractivity contribution in [2.24, 2.45) is 0 Å². The quantitative estimate of drug-likeness (QED) is 0.555. The number of amides is 1. The van der Waals surface area contributed by atoms with Gasteiger partial charge in [-0.25, -0.2) is 4.79 Å². The molecule has 0 aliphatic carbocycles. The number of ether oxygens (including phenoxy) is 1. The summed E-state index contributed by atoms with van der Waals surface area (Å²) in [5.74, 6) is 0. The van der Waals surface area contributed by atoms with Crippen LogP contribution in [-0.2, 0) is 4.74 Å². The molecule has 0 radical (unpaired) electrons. The molecule has 0 bridgehead atoms. The lowest BCUT2D eigenvalue weighted by Crippen LogP contribution is -2.49. The van der Waals surface area contributed by atoms with Crippen molar-refractivity contribution in [1.29, 1.82) is 0 Å². The predicted molar refractivity (Wildman–Crippen MR) is 50.4 cm³/mol. The largest absolute Gasteiger partial charge is 0.448 e. The average molecular weight is 234 g/mol. The maximum Gasteiger partial charge on any atom is 0.407 e. The topological polar surface area (TPSA) is 38.3 Å². The van der Waals surface area contributed by atoms with Gasteiger partial charge in [-0.05, 0) is 13.8 Å². The summed E-state index contributed by atoms with van der Waals surface area (Å²) in [6.07, 6.45) is 1.65. The molecule has 68 valence electrons. The molecule has 0 aromatic rings. The molecule has 1 N–H and O–H groups in total. The summed E-state index contributed by atoms with van der Waals surface area (Å²) in [7, 11) is 0.